The molecule has 0 radical (unpaired) electrons. The van der Waals surface area contributed by atoms with Crippen molar-refractivity contribution < 1.29 is 14.3 Å². The van der Waals surface area contributed by atoms with Gasteiger partial charge in [-0.1, -0.05) is 6.92 Å². The third-order valence-electron chi connectivity index (χ3n) is 2.53. The van der Waals surface area contributed by atoms with E-state index in [0.717, 1.165) is 26.1 Å². The molecule has 5 heteroatoms. The van der Waals surface area contributed by atoms with Crippen LogP contribution in [-0.4, -0.2) is 63.4 Å². The van der Waals surface area contributed by atoms with Crippen molar-refractivity contribution in [2.24, 2.45) is 0 Å². The zero-order valence-corrected chi connectivity index (χ0v) is 12.2. The van der Waals surface area contributed by atoms with Crippen LogP contribution in [0.3, 0.4) is 0 Å². The maximum absolute atomic E-state index is 11.8. The quantitative estimate of drug-likeness (QED) is 0.441. The highest BCUT2D eigenvalue weighted by Crippen LogP contribution is 1.95. The zero-order valence-electron chi connectivity index (χ0n) is 12.2. The topological polar surface area (TPSA) is 50.8 Å². The first kappa shape index (κ1) is 17.4. The minimum Gasteiger partial charge on any atom is -0.465 e. The van der Waals surface area contributed by atoms with Crippen molar-refractivity contribution in [2.75, 3.05) is 46.5 Å². The highest BCUT2D eigenvalue weighted by molar-refractivity contribution is 5.76. The van der Waals surface area contributed by atoms with Gasteiger partial charge in [-0.05, 0) is 33.9 Å². The Morgan fingerprint density at radius 1 is 1.28 bits per heavy atom. The number of nitrogens with one attached hydrogen (secondary N) is 1. The van der Waals surface area contributed by atoms with E-state index < -0.39 is 0 Å². The molecule has 0 aromatic heterocycles. The molecule has 108 valence electrons. The van der Waals surface area contributed by atoms with E-state index in [4.69, 9.17) is 9.47 Å². The number of rotatable bonds is 11. The first-order valence-electron chi connectivity index (χ1n) is 6.81. The van der Waals surface area contributed by atoms with Gasteiger partial charge < -0.3 is 19.7 Å². The number of esters is 1. The lowest BCUT2D eigenvalue weighted by atomic mass is 10.2. The summed E-state index contributed by atoms with van der Waals surface area (Å²) in [5, 5.41) is 3.22. The lowest BCUT2D eigenvalue weighted by Gasteiger charge is -2.23. The van der Waals surface area contributed by atoms with Crippen molar-refractivity contribution in [1.82, 2.24) is 10.2 Å². The van der Waals surface area contributed by atoms with Crippen LogP contribution in [0.2, 0.25) is 0 Å². The lowest BCUT2D eigenvalue weighted by Crippen LogP contribution is -2.46. The SMILES string of the molecule is CCCNC(CN(C)CCOCC)C(=O)OCC. The highest BCUT2D eigenvalue weighted by Gasteiger charge is 2.20. The van der Waals surface area contributed by atoms with Gasteiger partial charge in [0, 0.05) is 19.7 Å². The fourth-order valence-electron chi connectivity index (χ4n) is 1.55. The van der Waals surface area contributed by atoms with E-state index in [-0.39, 0.29) is 12.0 Å². The molecule has 5 nitrogen and oxygen atoms in total. The highest BCUT2D eigenvalue weighted by atomic mass is 16.5. The van der Waals surface area contributed by atoms with Crippen molar-refractivity contribution in [2.45, 2.75) is 33.2 Å². The zero-order chi connectivity index (χ0) is 13.8. The Labute approximate surface area is 111 Å². The van der Waals surface area contributed by atoms with Crippen LogP contribution < -0.4 is 5.32 Å². The Hall–Kier alpha value is -0.650. The van der Waals surface area contributed by atoms with Crippen LogP contribution in [0.5, 0.6) is 0 Å². The summed E-state index contributed by atoms with van der Waals surface area (Å²) in [6, 6.07) is -0.253. The fraction of sp³-hybridized carbons (Fsp3) is 0.923. The Balaban J connectivity index is 4.08. The van der Waals surface area contributed by atoms with Gasteiger partial charge in [0.1, 0.15) is 6.04 Å². The first-order valence-corrected chi connectivity index (χ1v) is 6.81. The van der Waals surface area contributed by atoms with Crippen LogP contribution in [0.15, 0.2) is 0 Å². The number of hydrogen-bond acceptors (Lipinski definition) is 5. The normalized spacial score (nSPS) is 12.7. The number of carbonyl (C=O) groups is 1. The maximum Gasteiger partial charge on any atom is 0.324 e. The Morgan fingerprint density at radius 3 is 2.56 bits per heavy atom. The second-order valence-electron chi connectivity index (χ2n) is 4.22. The summed E-state index contributed by atoms with van der Waals surface area (Å²) in [6.45, 7) is 10.0. The molecule has 1 atom stereocenters. The number of ether oxygens (including phenoxy) is 2. The monoisotopic (exact) mass is 260 g/mol. The van der Waals surface area contributed by atoms with E-state index in [1.54, 1.807) is 0 Å². The molecule has 18 heavy (non-hydrogen) atoms. The first-order chi connectivity index (χ1) is 8.65. The van der Waals surface area contributed by atoms with Crippen LogP contribution in [-0.2, 0) is 14.3 Å². The molecule has 1 unspecified atom stereocenters. The average molecular weight is 260 g/mol. The van der Waals surface area contributed by atoms with Crippen molar-refractivity contribution in [1.29, 1.82) is 0 Å². The summed E-state index contributed by atoms with van der Waals surface area (Å²) in [5.74, 6) is -0.172. The van der Waals surface area contributed by atoms with E-state index in [1.165, 1.54) is 0 Å². The molecule has 0 fully saturated rings. The molecule has 0 bridgehead atoms. The predicted octanol–water partition coefficient (Wildman–Crippen LogP) is 0.886. The van der Waals surface area contributed by atoms with Gasteiger partial charge >= 0.3 is 5.97 Å². The molecule has 0 aromatic rings. The smallest absolute Gasteiger partial charge is 0.324 e. The molecular weight excluding hydrogens is 232 g/mol. The molecule has 0 aliphatic carbocycles. The molecule has 0 saturated heterocycles. The van der Waals surface area contributed by atoms with Crippen LogP contribution >= 0.6 is 0 Å². The maximum atomic E-state index is 11.8. The second-order valence-corrected chi connectivity index (χ2v) is 4.22. The number of nitrogens with zero attached hydrogens (tertiary/aromatic N) is 1. The van der Waals surface area contributed by atoms with Crippen molar-refractivity contribution in [3.63, 3.8) is 0 Å². The molecule has 0 saturated carbocycles. The minimum atomic E-state index is -0.253. The average Bonchev–Trinajstić information content (AvgIpc) is 2.35. The molecule has 0 aliphatic heterocycles. The van der Waals surface area contributed by atoms with Crippen molar-refractivity contribution >= 4 is 5.97 Å². The van der Waals surface area contributed by atoms with Crippen LogP contribution in [0.4, 0.5) is 0 Å². The molecule has 0 heterocycles. The summed E-state index contributed by atoms with van der Waals surface area (Å²) >= 11 is 0. The molecule has 0 amide bonds. The third-order valence-corrected chi connectivity index (χ3v) is 2.53. The Bertz CT molecular complexity index is 212. The molecular formula is C13H28N2O3. The lowest BCUT2D eigenvalue weighted by molar-refractivity contribution is -0.146. The van der Waals surface area contributed by atoms with Gasteiger partial charge in [0.2, 0.25) is 0 Å². The summed E-state index contributed by atoms with van der Waals surface area (Å²) in [7, 11) is 1.98. The molecule has 0 spiro atoms. The number of likely N-dealkylation sites (N-methyl/N-ethyl adjacent to an activating group) is 1. The number of hydrogen-bond donors (Lipinski definition) is 1. The van der Waals surface area contributed by atoms with Crippen molar-refractivity contribution in [3.8, 4) is 0 Å². The van der Waals surface area contributed by atoms with Crippen LogP contribution in [0.1, 0.15) is 27.2 Å². The second kappa shape index (κ2) is 11.4. The van der Waals surface area contributed by atoms with Gasteiger partial charge in [0.15, 0.2) is 0 Å². The van der Waals surface area contributed by atoms with Gasteiger partial charge in [0.25, 0.3) is 0 Å². The third kappa shape index (κ3) is 8.44. The predicted molar refractivity (Wildman–Crippen MR) is 72.7 cm³/mol. The molecule has 0 aromatic carbocycles. The molecule has 1 N–H and O–H groups in total. The minimum absolute atomic E-state index is 0.172. The van der Waals surface area contributed by atoms with Crippen LogP contribution in [0.25, 0.3) is 0 Å². The summed E-state index contributed by atoms with van der Waals surface area (Å²) < 4.78 is 10.4. The summed E-state index contributed by atoms with van der Waals surface area (Å²) in [5.41, 5.74) is 0. The van der Waals surface area contributed by atoms with E-state index in [9.17, 15) is 4.79 Å². The summed E-state index contributed by atoms with van der Waals surface area (Å²) in [4.78, 5) is 13.9. The Morgan fingerprint density at radius 2 is 2.00 bits per heavy atom. The van der Waals surface area contributed by atoms with Crippen LogP contribution in [0, 0.1) is 0 Å². The molecule has 0 aliphatic rings. The van der Waals surface area contributed by atoms with Gasteiger partial charge in [-0.15, -0.1) is 0 Å². The van der Waals surface area contributed by atoms with E-state index in [0.29, 0.717) is 19.8 Å². The van der Waals surface area contributed by atoms with Gasteiger partial charge in [-0.2, -0.15) is 0 Å². The Kier molecular flexibility index (Phi) is 11.0. The van der Waals surface area contributed by atoms with Crippen molar-refractivity contribution in [3.05, 3.63) is 0 Å². The van der Waals surface area contributed by atoms with Gasteiger partial charge in [-0.3, -0.25) is 4.79 Å². The van der Waals surface area contributed by atoms with Gasteiger partial charge in [0.05, 0.1) is 13.2 Å². The summed E-state index contributed by atoms with van der Waals surface area (Å²) in [6.07, 6.45) is 0.999. The standard InChI is InChI=1S/C13H28N2O3/c1-5-8-14-12(13(16)18-7-3)11-15(4)9-10-17-6-2/h12,14H,5-11H2,1-4H3. The van der Waals surface area contributed by atoms with Gasteiger partial charge in [-0.25, -0.2) is 0 Å². The van der Waals surface area contributed by atoms with E-state index in [2.05, 4.69) is 17.1 Å². The molecule has 0 rings (SSSR count). The number of carbonyl (C=O) groups excluding carboxylic acids is 1. The van der Waals surface area contributed by atoms with E-state index >= 15 is 0 Å². The largest absolute Gasteiger partial charge is 0.465 e. The van der Waals surface area contributed by atoms with E-state index in [1.807, 2.05) is 20.9 Å². The fourth-order valence-corrected chi connectivity index (χ4v) is 1.55.